The van der Waals surface area contributed by atoms with Gasteiger partial charge in [0.25, 0.3) is 0 Å². The van der Waals surface area contributed by atoms with Crippen LogP contribution in [0.3, 0.4) is 0 Å². The molecule has 0 aliphatic carbocycles. The molecule has 2 aliphatic rings. The van der Waals surface area contributed by atoms with Crippen molar-refractivity contribution in [1.29, 1.82) is 0 Å². The maximum atomic E-state index is 12.4. The van der Waals surface area contributed by atoms with Crippen molar-refractivity contribution in [2.75, 3.05) is 26.2 Å². The van der Waals surface area contributed by atoms with Gasteiger partial charge in [-0.05, 0) is 69.3 Å². The molecule has 8 nitrogen and oxygen atoms in total. The van der Waals surface area contributed by atoms with Gasteiger partial charge in [0.2, 0.25) is 10.0 Å². The zero-order chi connectivity index (χ0) is 27.9. The number of aliphatic hydroxyl groups excluding tert-OH is 2. The fourth-order valence-corrected chi connectivity index (χ4v) is 9.77. The highest BCUT2D eigenvalue weighted by Crippen LogP contribution is 2.42. The lowest BCUT2D eigenvalue weighted by molar-refractivity contribution is 0.0438. The Morgan fingerprint density at radius 3 is 1.76 bits per heavy atom. The molecule has 216 valence electrons. The summed E-state index contributed by atoms with van der Waals surface area (Å²) in [5.74, 6) is 0. The molecule has 1 aromatic heterocycles. The van der Waals surface area contributed by atoms with E-state index in [4.69, 9.17) is 28.9 Å². The first kappa shape index (κ1) is 33.7. The molecule has 2 aliphatic heterocycles. The zero-order valence-corrected chi connectivity index (χ0v) is 26.9. The van der Waals surface area contributed by atoms with E-state index in [2.05, 4.69) is 58.1 Å². The summed E-state index contributed by atoms with van der Waals surface area (Å²) in [4.78, 5) is 4.53. The SMILES string of the molecule is C[C@@H]1CCC[C@H](C)N1C[C@@H](O)CN.C[C@@H]1CCC[C@H](C)N1C[C@@H](O)CNS(=O)(=O)c1c(Cl)sc(Cl)c1Br. The Morgan fingerprint density at radius 1 is 0.946 bits per heavy atom. The minimum absolute atomic E-state index is 0.0749. The van der Waals surface area contributed by atoms with Gasteiger partial charge >= 0.3 is 0 Å². The molecule has 0 saturated carbocycles. The Bertz CT molecular complexity index is 935. The second-order valence-electron chi connectivity index (χ2n) is 10.3. The first-order chi connectivity index (χ1) is 17.3. The predicted octanol–water partition coefficient (Wildman–Crippen LogP) is 4.29. The highest BCUT2D eigenvalue weighted by atomic mass is 79.9. The predicted molar refractivity (Wildman–Crippen MR) is 157 cm³/mol. The minimum atomic E-state index is -3.85. The summed E-state index contributed by atoms with van der Waals surface area (Å²) in [6, 6.07) is 1.98. The normalized spacial score (nSPS) is 27.4. The summed E-state index contributed by atoms with van der Waals surface area (Å²) in [7, 11) is -3.85. The van der Waals surface area contributed by atoms with Gasteiger partial charge in [0, 0.05) is 50.3 Å². The molecule has 5 N–H and O–H groups in total. The third-order valence-electron chi connectivity index (χ3n) is 7.37. The number of sulfonamides is 1. The van der Waals surface area contributed by atoms with Gasteiger partial charge in [-0.15, -0.1) is 11.3 Å². The Balaban J connectivity index is 0.000000312. The number of thiophene rings is 1. The number of β-amino-alcohol motifs (C(OH)–C–C–N with tert-alkyl or cyclic N) is 2. The Labute approximate surface area is 245 Å². The lowest BCUT2D eigenvalue weighted by atomic mass is 9.97. The molecule has 1 aromatic rings. The molecule has 0 unspecified atom stereocenters. The van der Waals surface area contributed by atoms with E-state index in [1.165, 1.54) is 25.7 Å². The maximum absolute atomic E-state index is 12.4. The fraction of sp³-hybridized carbons (Fsp3) is 0.833. The van der Waals surface area contributed by atoms with Crippen LogP contribution < -0.4 is 10.5 Å². The average Bonchev–Trinajstić information content (AvgIpc) is 3.09. The van der Waals surface area contributed by atoms with Crippen LogP contribution in [-0.2, 0) is 10.0 Å². The zero-order valence-electron chi connectivity index (χ0n) is 22.2. The molecule has 3 heterocycles. The standard InChI is InChI=1S/C14H21BrCl2N2O3S2.C10H22N2O/c1-8-4-3-5-9(2)19(8)7-10(20)6-18-24(21,22)12-11(15)13(16)23-14(12)17;1-8-4-3-5-9(2)12(8)7-10(13)6-11/h8-10,18,20H,3-7H2,1-2H3;8-10,13H,3-7,11H2,1-2H3/t2*8-,9+,10-/m00/s1. The summed E-state index contributed by atoms with van der Waals surface area (Å²) < 4.78 is 27.9. The van der Waals surface area contributed by atoms with Gasteiger partial charge in [-0.1, -0.05) is 36.0 Å². The molecule has 0 aromatic carbocycles. The lowest BCUT2D eigenvalue weighted by Crippen LogP contribution is -2.49. The largest absolute Gasteiger partial charge is 0.390 e. The summed E-state index contributed by atoms with van der Waals surface area (Å²) in [6.45, 7) is 10.2. The van der Waals surface area contributed by atoms with Crippen molar-refractivity contribution >= 4 is 60.5 Å². The van der Waals surface area contributed by atoms with Crippen molar-refractivity contribution < 1.29 is 18.6 Å². The number of piperidine rings is 2. The van der Waals surface area contributed by atoms with Gasteiger partial charge in [-0.3, -0.25) is 9.80 Å². The van der Waals surface area contributed by atoms with Gasteiger partial charge < -0.3 is 15.9 Å². The average molecular weight is 667 g/mol. The Morgan fingerprint density at radius 2 is 1.38 bits per heavy atom. The number of likely N-dealkylation sites (tertiary alicyclic amines) is 2. The van der Waals surface area contributed by atoms with Gasteiger partial charge in [-0.25, -0.2) is 13.1 Å². The molecule has 2 saturated heterocycles. The van der Waals surface area contributed by atoms with Gasteiger partial charge in [0.15, 0.2) is 0 Å². The summed E-state index contributed by atoms with van der Waals surface area (Å²) in [5, 5.41) is 19.7. The third-order valence-corrected chi connectivity index (χ3v) is 12.3. The van der Waals surface area contributed by atoms with E-state index in [0.717, 1.165) is 30.7 Å². The minimum Gasteiger partial charge on any atom is -0.390 e. The number of hydrogen-bond donors (Lipinski definition) is 4. The van der Waals surface area contributed by atoms with E-state index in [1.54, 1.807) is 0 Å². The highest BCUT2D eigenvalue weighted by Gasteiger charge is 2.29. The van der Waals surface area contributed by atoms with Crippen molar-refractivity contribution in [1.82, 2.24) is 14.5 Å². The molecule has 0 amide bonds. The van der Waals surface area contributed by atoms with Gasteiger partial charge in [0.1, 0.15) is 13.6 Å². The monoisotopic (exact) mass is 664 g/mol. The quantitative estimate of drug-likeness (QED) is 0.311. The molecular formula is C24H43BrCl2N4O4S2. The van der Waals surface area contributed by atoms with E-state index >= 15 is 0 Å². The van der Waals surface area contributed by atoms with Crippen molar-refractivity contribution in [2.45, 2.75) is 107 Å². The molecule has 3 rings (SSSR count). The molecular weight excluding hydrogens is 623 g/mol. The van der Waals surface area contributed by atoms with Gasteiger partial charge in [0.05, 0.1) is 16.7 Å². The van der Waals surface area contributed by atoms with Crippen LogP contribution in [0.1, 0.15) is 66.2 Å². The van der Waals surface area contributed by atoms with Crippen molar-refractivity contribution in [3.05, 3.63) is 13.1 Å². The topological polar surface area (TPSA) is 119 Å². The van der Waals surface area contributed by atoms with E-state index in [-0.39, 0.29) is 30.7 Å². The lowest BCUT2D eigenvalue weighted by Gasteiger charge is -2.40. The first-order valence-electron chi connectivity index (χ1n) is 13.0. The number of nitrogens with one attached hydrogen (secondary N) is 1. The Hall–Kier alpha value is 0.470. The van der Waals surface area contributed by atoms with Crippen molar-refractivity contribution in [3.63, 3.8) is 0 Å². The van der Waals surface area contributed by atoms with Crippen LogP contribution in [0.5, 0.6) is 0 Å². The van der Waals surface area contributed by atoms with E-state index in [9.17, 15) is 18.6 Å². The molecule has 13 heteroatoms. The molecule has 0 bridgehead atoms. The van der Waals surface area contributed by atoms with Crippen LogP contribution in [0.4, 0.5) is 0 Å². The first-order valence-corrected chi connectivity index (χ1v) is 16.8. The van der Waals surface area contributed by atoms with Crippen LogP contribution in [0.15, 0.2) is 9.37 Å². The summed E-state index contributed by atoms with van der Waals surface area (Å²) >= 11 is 16.0. The third kappa shape index (κ3) is 9.81. The van der Waals surface area contributed by atoms with Crippen molar-refractivity contribution in [3.8, 4) is 0 Å². The smallest absolute Gasteiger partial charge is 0.244 e. The van der Waals surface area contributed by atoms with Crippen molar-refractivity contribution in [2.24, 2.45) is 5.73 Å². The Kier molecular flexibility index (Phi) is 14.1. The molecule has 2 fully saturated rings. The molecule has 6 atom stereocenters. The van der Waals surface area contributed by atoms with Gasteiger partial charge in [-0.2, -0.15) is 0 Å². The summed E-state index contributed by atoms with van der Waals surface area (Å²) in [6.07, 6.45) is 6.04. The molecule has 0 radical (unpaired) electrons. The van der Waals surface area contributed by atoms with Crippen LogP contribution in [0.2, 0.25) is 8.67 Å². The van der Waals surface area contributed by atoms with E-state index in [1.807, 2.05) is 0 Å². The van der Waals surface area contributed by atoms with Crippen LogP contribution in [-0.4, -0.2) is 91.0 Å². The highest BCUT2D eigenvalue weighted by molar-refractivity contribution is 9.10. The fourth-order valence-electron chi connectivity index (χ4n) is 5.14. The second-order valence-corrected chi connectivity index (χ2v) is 15.1. The van der Waals surface area contributed by atoms with Crippen LogP contribution in [0.25, 0.3) is 0 Å². The second kappa shape index (κ2) is 15.5. The van der Waals surface area contributed by atoms with E-state index < -0.39 is 16.1 Å². The molecule has 0 spiro atoms. The molecule has 37 heavy (non-hydrogen) atoms. The number of aliphatic hydroxyl groups is 2. The van der Waals surface area contributed by atoms with E-state index in [0.29, 0.717) is 37.3 Å². The number of hydrogen-bond acceptors (Lipinski definition) is 8. The number of nitrogens with zero attached hydrogens (tertiary/aromatic N) is 2. The number of halogens is 3. The number of rotatable bonds is 9. The van der Waals surface area contributed by atoms with Crippen LogP contribution >= 0.6 is 50.5 Å². The maximum Gasteiger partial charge on any atom is 0.244 e. The number of nitrogens with two attached hydrogens (primary N) is 1. The summed E-state index contributed by atoms with van der Waals surface area (Å²) in [5.41, 5.74) is 5.40. The van der Waals surface area contributed by atoms with Crippen LogP contribution in [0, 0.1) is 0 Å².